The normalized spacial score (nSPS) is 19.9. The lowest BCUT2D eigenvalue weighted by Crippen LogP contribution is -2.30. The average Bonchev–Trinajstić information content (AvgIpc) is 2.57. The first-order valence-corrected chi connectivity index (χ1v) is 4.25. The number of likely N-dealkylation sites (tertiary alicyclic amines) is 1. The summed E-state index contributed by atoms with van der Waals surface area (Å²) in [4.78, 5) is 6.24. The second-order valence-electron chi connectivity index (χ2n) is 2.93. The van der Waals surface area contributed by atoms with Crippen molar-refractivity contribution in [1.29, 1.82) is 0 Å². The van der Waals surface area contributed by atoms with Crippen molar-refractivity contribution in [2.75, 3.05) is 26.2 Å². The summed E-state index contributed by atoms with van der Waals surface area (Å²) in [5, 5.41) is 8.31. The van der Waals surface area contributed by atoms with Gasteiger partial charge in [-0.3, -0.25) is 10.2 Å². The molecular formula is C7H16N4O. The molecule has 0 aromatic heterocycles. The minimum absolute atomic E-state index is 0.0918. The van der Waals surface area contributed by atoms with Gasteiger partial charge in [0.25, 0.3) is 0 Å². The second-order valence-corrected chi connectivity index (χ2v) is 2.93. The number of guanidine groups is 1. The first kappa shape index (κ1) is 9.28. The molecule has 1 aliphatic rings. The molecule has 0 atom stereocenters. The Morgan fingerprint density at radius 1 is 1.50 bits per heavy atom. The summed E-state index contributed by atoms with van der Waals surface area (Å²) in [5.74, 6) is 0.0918. The summed E-state index contributed by atoms with van der Waals surface area (Å²) >= 11 is 0. The zero-order valence-electron chi connectivity index (χ0n) is 7.16. The van der Waals surface area contributed by atoms with Crippen molar-refractivity contribution in [3.05, 3.63) is 0 Å². The van der Waals surface area contributed by atoms with Crippen LogP contribution in [0.5, 0.6) is 0 Å². The number of rotatable bonds is 3. The van der Waals surface area contributed by atoms with Crippen molar-refractivity contribution >= 4 is 5.96 Å². The van der Waals surface area contributed by atoms with Gasteiger partial charge in [-0.25, -0.2) is 5.48 Å². The van der Waals surface area contributed by atoms with Crippen molar-refractivity contribution in [3.8, 4) is 0 Å². The third-order valence-corrected chi connectivity index (χ3v) is 2.01. The van der Waals surface area contributed by atoms with E-state index in [4.69, 9.17) is 10.9 Å². The minimum Gasteiger partial charge on any atom is -0.368 e. The Balaban J connectivity index is 2.08. The quantitative estimate of drug-likeness (QED) is 0.301. The van der Waals surface area contributed by atoms with Crippen LogP contribution in [0, 0.1) is 0 Å². The van der Waals surface area contributed by atoms with Crippen molar-refractivity contribution < 1.29 is 5.21 Å². The van der Waals surface area contributed by atoms with Gasteiger partial charge in [-0.15, -0.1) is 0 Å². The molecule has 0 aliphatic carbocycles. The van der Waals surface area contributed by atoms with Gasteiger partial charge in [-0.2, -0.15) is 0 Å². The molecular weight excluding hydrogens is 156 g/mol. The van der Waals surface area contributed by atoms with E-state index in [0.717, 1.165) is 6.54 Å². The third-order valence-electron chi connectivity index (χ3n) is 2.01. The smallest absolute Gasteiger partial charge is 0.212 e. The molecule has 0 aromatic carbocycles. The van der Waals surface area contributed by atoms with Crippen LogP contribution in [0.4, 0.5) is 0 Å². The summed E-state index contributed by atoms with van der Waals surface area (Å²) in [6.45, 7) is 3.92. The van der Waals surface area contributed by atoms with Gasteiger partial charge in [-0.1, -0.05) is 0 Å². The molecule has 0 saturated carbocycles. The van der Waals surface area contributed by atoms with Gasteiger partial charge in [0.15, 0.2) is 0 Å². The molecule has 1 rings (SSSR count). The van der Waals surface area contributed by atoms with E-state index < -0.39 is 0 Å². The highest BCUT2D eigenvalue weighted by Gasteiger charge is 2.09. The van der Waals surface area contributed by atoms with Crippen LogP contribution in [-0.4, -0.2) is 42.2 Å². The van der Waals surface area contributed by atoms with Crippen LogP contribution in [-0.2, 0) is 0 Å². The Kier molecular flexibility index (Phi) is 3.83. The maximum atomic E-state index is 8.31. The summed E-state index contributed by atoms with van der Waals surface area (Å²) < 4.78 is 0. The highest BCUT2D eigenvalue weighted by Crippen LogP contribution is 2.05. The number of nitrogens with zero attached hydrogens (tertiary/aromatic N) is 2. The third kappa shape index (κ3) is 3.06. The highest BCUT2D eigenvalue weighted by molar-refractivity contribution is 5.76. The SMILES string of the molecule is NC(=NCCN1CCCC1)NO. The fraction of sp³-hybridized carbons (Fsp3) is 0.857. The Morgan fingerprint density at radius 2 is 2.17 bits per heavy atom. The molecule has 1 fully saturated rings. The van der Waals surface area contributed by atoms with Crippen LogP contribution in [0.15, 0.2) is 4.99 Å². The van der Waals surface area contributed by atoms with Crippen molar-refractivity contribution in [2.24, 2.45) is 10.7 Å². The topological polar surface area (TPSA) is 73.9 Å². The molecule has 0 radical (unpaired) electrons. The van der Waals surface area contributed by atoms with Gasteiger partial charge in [-0.05, 0) is 25.9 Å². The summed E-state index contributed by atoms with van der Waals surface area (Å²) in [6, 6.07) is 0. The van der Waals surface area contributed by atoms with Crippen LogP contribution in [0.3, 0.4) is 0 Å². The second kappa shape index (κ2) is 4.95. The molecule has 5 heteroatoms. The van der Waals surface area contributed by atoms with E-state index in [2.05, 4.69) is 9.89 Å². The Labute approximate surface area is 72.2 Å². The van der Waals surface area contributed by atoms with Crippen LogP contribution >= 0.6 is 0 Å². The molecule has 0 spiro atoms. The lowest BCUT2D eigenvalue weighted by atomic mass is 10.4. The molecule has 5 nitrogen and oxygen atoms in total. The van der Waals surface area contributed by atoms with E-state index in [1.807, 2.05) is 0 Å². The molecule has 70 valence electrons. The van der Waals surface area contributed by atoms with E-state index in [9.17, 15) is 0 Å². The monoisotopic (exact) mass is 172 g/mol. The van der Waals surface area contributed by atoms with Crippen LogP contribution in [0.25, 0.3) is 0 Å². The van der Waals surface area contributed by atoms with E-state index in [1.54, 1.807) is 5.48 Å². The number of hydrogen-bond acceptors (Lipinski definition) is 3. The zero-order valence-corrected chi connectivity index (χ0v) is 7.16. The molecule has 0 amide bonds. The molecule has 1 saturated heterocycles. The van der Waals surface area contributed by atoms with E-state index in [0.29, 0.717) is 6.54 Å². The van der Waals surface area contributed by atoms with Crippen molar-refractivity contribution in [2.45, 2.75) is 12.8 Å². The molecule has 0 unspecified atom stereocenters. The van der Waals surface area contributed by atoms with E-state index >= 15 is 0 Å². The molecule has 0 bridgehead atoms. The maximum absolute atomic E-state index is 8.31. The largest absolute Gasteiger partial charge is 0.368 e. The number of aliphatic imine (C=N–C) groups is 1. The fourth-order valence-electron chi connectivity index (χ4n) is 1.35. The van der Waals surface area contributed by atoms with Gasteiger partial charge >= 0.3 is 0 Å². The highest BCUT2D eigenvalue weighted by atomic mass is 16.5. The number of nitrogens with one attached hydrogen (secondary N) is 1. The summed E-state index contributed by atoms with van der Waals surface area (Å²) in [7, 11) is 0. The predicted octanol–water partition coefficient (Wildman–Crippen LogP) is -0.624. The first-order chi connectivity index (χ1) is 5.83. The van der Waals surface area contributed by atoms with E-state index in [-0.39, 0.29) is 5.96 Å². The number of hydroxylamine groups is 1. The Bertz CT molecular complexity index is 153. The van der Waals surface area contributed by atoms with Gasteiger partial charge in [0.1, 0.15) is 0 Å². The lowest BCUT2D eigenvalue weighted by Gasteiger charge is -2.11. The summed E-state index contributed by atoms with van der Waals surface area (Å²) in [6.07, 6.45) is 2.58. The lowest BCUT2D eigenvalue weighted by molar-refractivity contribution is 0.232. The Morgan fingerprint density at radius 3 is 2.75 bits per heavy atom. The minimum atomic E-state index is 0.0918. The van der Waals surface area contributed by atoms with Gasteiger partial charge < -0.3 is 10.6 Å². The average molecular weight is 172 g/mol. The molecule has 12 heavy (non-hydrogen) atoms. The van der Waals surface area contributed by atoms with Crippen LogP contribution < -0.4 is 11.2 Å². The van der Waals surface area contributed by atoms with Crippen LogP contribution in [0.1, 0.15) is 12.8 Å². The van der Waals surface area contributed by atoms with Gasteiger partial charge in [0, 0.05) is 6.54 Å². The van der Waals surface area contributed by atoms with Crippen LogP contribution in [0.2, 0.25) is 0 Å². The molecule has 0 aromatic rings. The van der Waals surface area contributed by atoms with Gasteiger partial charge in [0.05, 0.1) is 6.54 Å². The maximum Gasteiger partial charge on any atom is 0.212 e. The fourth-order valence-corrected chi connectivity index (χ4v) is 1.35. The molecule has 1 heterocycles. The van der Waals surface area contributed by atoms with Crippen molar-refractivity contribution in [1.82, 2.24) is 10.4 Å². The molecule has 4 N–H and O–H groups in total. The Hall–Kier alpha value is -0.810. The number of hydrogen-bond donors (Lipinski definition) is 3. The van der Waals surface area contributed by atoms with Crippen molar-refractivity contribution in [3.63, 3.8) is 0 Å². The van der Waals surface area contributed by atoms with Gasteiger partial charge in [0.2, 0.25) is 5.96 Å². The molecule has 1 aliphatic heterocycles. The van der Waals surface area contributed by atoms with E-state index in [1.165, 1.54) is 25.9 Å². The summed E-state index contributed by atoms with van der Waals surface area (Å²) in [5.41, 5.74) is 7.03. The first-order valence-electron chi connectivity index (χ1n) is 4.25. The predicted molar refractivity (Wildman–Crippen MR) is 47.1 cm³/mol. The standard InChI is InChI=1S/C7H16N4O/c8-7(10-12)9-3-6-11-4-1-2-5-11/h12H,1-6H2,(H3,8,9,10). The zero-order chi connectivity index (χ0) is 8.81. The number of nitrogens with two attached hydrogens (primary N) is 1.